The number of hydrogen-bond acceptors (Lipinski definition) is 4. The molecule has 0 aliphatic carbocycles. The summed E-state index contributed by atoms with van der Waals surface area (Å²) < 4.78 is 6.49. The van der Waals surface area contributed by atoms with E-state index in [0.29, 0.717) is 30.2 Å². The number of cyclic esters (lactones) is 1. The molecular formula is C14H15N5O3. The van der Waals surface area contributed by atoms with Crippen LogP contribution in [0.3, 0.4) is 0 Å². The molecule has 1 aliphatic rings. The van der Waals surface area contributed by atoms with Gasteiger partial charge in [-0.05, 0) is 18.2 Å². The first-order valence-electron chi connectivity index (χ1n) is 6.73. The molecule has 0 atom stereocenters. The van der Waals surface area contributed by atoms with Crippen LogP contribution in [0.2, 0.25) is 0 Å². The minimum absolute atomic E-state index is 0.373. The zero-order valence-electron chi connectivity index (χ0n) is 11.9. The first kappa shape index (κ1) is 13.9. The summed E-state index contributed by atoms with van der Waals surface area (Å²) in [4.78, 5) is 25.0. The molecule has 114 valence electrons. The molecule has 1 aliphatic heterocycles. The number of aromatic nitrogens is 2. The number of nitrogens with one attached hydrogen (secondary N) is 2. The highest BCUT2D eigenvalue weighted by Crippen LogP contribution is 2.22. The number of hydrogen-bond donors (Lipinski definition) is 2. The van der Waals surface area contributed by atoms with Gasteiger partial charge in [-0.1, -0.05) is 6.07 Å². The van der Waals surface area contributed by atoms with Gasteiger partial charge in [0.25, 0.3) is 0 Å². The highest BCUT2D eigenvalue weighted by molar-refractivity contribution is 6.00. The summed E-state index contributed by atoms with van der Waals surface area (Å²) in [7, 11) is 1.77. The van der Waals surface area contributed by atoms with E-state index >= 15 is 0 Å². The molecule has 8 heteroatoms. The van der Waals surface area contributed by atoms with E-state index in [1.54, 1.807) is 48.4 Å². The van der Waals surface area contributed by atoms with Crippen molar-refractivity contribution in [2.24, 2.45) is 7.05 Å². The summed E-state index contributed by atoms with van der Waals surface area (Å²) in [5.41, 5.74) is 1.86. The average Bonchev–Trinajstić information content (AvgIpc) is 3.07. The van der Waals surface area contributed by atoms with Crippen LogP contribution >= 0.6 is 0 Å². The lowest BCUT2D eigenvalue weighted by atomic mass is 10.2. The van der Waals surface area contributed by atoms with Crippen molar-refractivity contribution < 1.29 is 14.3 Å². The van der Waals surface area contributed by atoms with E-state index in [4.69, 9.17) is 4.74 Å². The van der Waals surface area contributed by atoms with Gasteiger partial charge in [0.2, 0.25) is 0 Å². The normalized spacial score (nSPS) is 13.9. The van der Waals surface area contributed by atoms with Crippen LogP contribution in [0.5, 0.6) is 0 Å². The van der Waals surface area contributed by atoms with Gasteiger partial charge in [-0.15, -0.1) is 0 Å². The zero-order chi connectivity index (χ0) is 15.5. The second kappa shape index (κ2) is 5.76. The number of nitrogens with zero attached hydrogens (tertiary/aromatic N) is 3. The van der Waals surface area contributed by atoms with Crippen molar-refractivity contribution in [3.8, 4) is 0 Å². The lowest BCUT2D eigenvalue weighted by molar-refractivity contribution is 0.181. The van der Waals surface area contributed by atoms with Crippen molar-refractivity contribution in [1.29, 1.82) is 0 Å². The Morgan fingerprint density at radius 1 is 1.32 bits per heavy atom. The number of ether oxygens (including phenoxy) is 1. The van der Waals surface area contributed by atoms with Crippen molar-refractivity contribution in [2.45, 2.75) is 0 Å². The van der Waals surface area contributed by atoms with Gasteiger partial charge < -0.3 is 15.4 Å². The number of urea groups is 1. The maximum atomic E-state index is 11.9. The summed E-state index contributed by atoms with van der Waals surface area (Å²) >= 11 is 0. The first-order chi connectivity index (χ1) is 10.6. The first-order valence-corrected chi connectivity index (χ1v) is 6.73. The van der Waals surface area contributed by atoms with Crippen LogP contribution in [0.25, 0.3) is 0 Å². The number of anilines is 3. The maximum Gasteiger partial charge on any atom is 0.414 e. The van der Waals surface area contributed by atoms with Crippen molar-refractivity contribution in [2.75, 3.05) is 28.7 Å². The Bertz CT molecular complexity index is 712. The van der Waals surface area contributed by atoms with Gasteiger partial charge in [0.1, 0.15) is 6.61 Å². The van der Waals surface area contributed by atoms with Crippen LogP contribution < -0.4 is 15.5 Å². The van der Waals surface area contributed by atoms with Crippen molar-refractivity contribution >= 4 is 29.2 Å². The fourth-order valence-electron chi connectivity index (χ4n) is 2.16. The van der Waals surface area contributed by atoms with E-state index in [9.17, 15) is 9.59 Å². The molecule has 0 saturated carbocycles. The Morgan fingerprint density at radius 3 is 2.82 bits per heavy atom. The summed E-state index contributed by atoms with van der Waals surface area (Å²) in [6.07, 6.45) is 2.86. The second-order valence-corrected chi connectivity index (χ2v) is 4.80. The zero-order valence-corrected chi connectivity index (χ0v) is 11.9. The molecule has 0 radical (unpaired) electrons. The fraction of sp³-hybridized carbons (Fsp3) is 0.214. The second-order valence-electron chi connectivity index (χ2n) is 4.80. The largest absolute Gasteiger partial charge is 0.447 e. The molecule has 2 N–H and O–H groups in total. The summed E-state index contributed by atoms with van der Waals surface area (Å²) in [6.45, 7) is 0.877. The van der Waals surface area contributed by atoms with E-state index in [1.807, 2.05) is 0 Å². The number of amides is 3. The standard InChI is InChI=1S/C14H15N5O3/c1-18-9-11(8-15-18)17-13(20)16-10-3-2-4-12(7-10)19-5-6-22-14(19)21/h2-4,7-9H,5-6H2,1H3,(H2,16,17,20). The number of carbonyl (C=O) groups excluding carboxylic acids is 2. The van der Waals surface area contributed by atoms with E-state index in [1.165, 1.54) is 4.90 Å². The third-order valence-electron chi connectivity index (χ3n) is 3.14. The van der Waals surface area contributed by atoms with Gasteiger partial charge in [-0.3, -0.25) is 9.58 Å². The predicted octanol–water partition coefficient (Wildman–Crippen LogP) is 2.02. The molecule has 0 unspecified atom stereocenters. The van der Waals surface area contributed by atoms with E-state index in [-0.39, 0.29) is 12.1 Å². The third-order valence-corrected chi connectivity index (χ3v) is 3.14. The van der Waals surface area contributed by atoms with Gasteiger partial charge >= 0.3 is 12.1 Å². The molecule has 0 bridgehead atoms. The van der Waals surface area contributed by atoms with Crippen molar-refractivity contribution in [1.82, 2.24) is 9.78 Å². The Morgan fingerprint density at radius 2 is 2.14 bits per heavy atom. The van der Waals surface area contributed by atoms with Gasteiger partial charge in [-0.2, -0.15) is 5.10 Å². The van der Waals surface area contributed by atoms with Gasteiger partial charge in [0.15, 0.2) is 0 Å². The van der Waals surface area contributed by atoms with Crippen molar-refractivity contribution in [3.63, 3.8) is 0 Å². The quantitative estimate of drug-likeness (QED) is 0.907. The average molecular weight is 301 g/mol. The highest BCUT2D eigenvalue weighted by Gasteiger charge is 2.23. The van der Waals surface area contributed by atoms with Crippen LogP contribution in [-0.4, -0.2) is 35.1 Å². The summed E-state index contributed by atoms with van der Waals surface area (Å²) in [5, 5.41) is 9.35. The number of aryl methyl sites for hydroxylation is 1. The Kier molecular flexibility index (Phi) is 3.65. The van der Waals surface area contributed by atoms with Crippen LogP contribution in [0, 0.1) is 0 Å². The molecule has 3 rings (SSSR count). The van der Waals surface area contributed by atoms with Gasteiger partial charge in [-0.25, -0.2) is 9.59 Å². The molecule has 2 heterocycles. The predicted molar refractivity (Wildman–Crippen MR) is 81.0 cm³/mol. The Labute approximate surface area is 126 Å². The van der Waals surface area contributed by atoms with Gasteiger partial charge in [0.05, 0.1) is 18.4 Å². The number of benzene rings is 1. The molecule has 3 amide bonds. The molecule has 1 fully saturated rings. The monoisotopic (exact) mass is 301 g/mol. The molecule has 1 aromatic carbocycles. The molecule has 1 saturated heterocycles. The van der Waals surface area contributed by atoms with Crippen LogP contribution in [-0.2, 0) is 11.8 Å². The van der Waals surface area contributed by atoms with E-state index in [0.717, 1.165) is 0 Å². The molecule has 2 aromatic rings. The lowest BCUT2D eigenvalue weighted by Gasteiger charge is -2.14. The highest BCUT2D eigenvalue weighted by atomic mass is 16.6. The molecule has 22 heavy (non-hydrogen) atoms. The maximum absolute atomic E-state index is 11.9. The Balaban J connectivity index is 1.67. The van der Waals surface area contributed by atoms with Crippen LogP contribution in [0.15, 0.2) is 36.7 Å². The minimum atomic E-state index is -0.380. The Hall–Kier alpha value is -3.03. The topological polar surface area (TPSA) is 88.5 Å². The minimum Gasteiger partial charge on any atom is -0.447 e. The smallest absolute Gasteiger partial charge is 0.414 e. The number of carbonyl (C=O) groups is 2. The fourth-order valence-corrected chi connectivity index (χ4v) is 2.16. The van der Waals surface area contributed by atoms with E-state index < -0.39 is 0 Å². The summed E-state index contributed by atoms with van der Waals surface area (Å²) in [5.74, 6) is 0. The summed E-state index contributed by atoms with van der Waals surface area (Å²) in [6, 6.07) is 6.63. The molecular weight excluding hydrogens is 286 g/mol. The van der Waals surface area contributed by atoms with Crippen LogP contribution in [0.4, 0.5) is 26.7 Å². The third kappa shape index (κ3) is 3.00. The number of rotatable bonds is 3. The molecule has 0 spiro atoms. The van der Waals surface area contributed by atoms with E-state index in [2.05, 4.69) is 15.7 Å². The van der Waals surface area contributed by atoms with Crippen LogP contribution in [0.1, 0.15) is 0 Å². The lowest BCUT2D eigenvalue weighted by Crippen LogP contribution is -2.24. The molecule has 1 aromatic heterocycles. The van der Waals surface area contributed by atoms with Crippen molar-refractivity contribution in [3.05, 3.63) is 36.7 Å². The van der Waals surface area contributed by atoms with Gasteiger partial charge in [0, 0.05) is 24.6 Å². The SMILES string of the molecule is Cn1cc(NC(=O)Nc2cccc(N3CCOC3=O)c2)cn1. The molecule has 8 nitrogen and oxygen atoms in total.